The monoisotopic (exact) mass is 277 g/mol. The van der Waals surface area contributed by atoms with Crippen LogP contribution in [0.1, 0.15) is 18.7 Å². The molecule has 1 aromatic heterocycles. The van der Waals surface area contributed by atoms with Crippen LogP contribution in [0.15, 0.2) is 41.1 Å². The molecule has 2 rings (SSSR count). The number of hydrogen-bond acceptors (Lipinski definition) is 3. The van der Waals surface area contributed by atoms with Crippen molar-refractivity contribution in [3.8, 4) is 11.3 Å². The highest BCUT2D eigenvalue weighted by Crippen LogP contribution is 2.25. The first-order valence-electron chi connectivity index (χ1n) is 5.01. The fraction of sp³-hybridized carbons (Fsp3) is 0.167. The lowest BCUT2D eigenvalue weighted by atomic mass is 10.1. The number of benzene rings is 1. The first-order chi connectivity index (χ1) is 7.68. The fourth-order valence-electron chi connectivity index (χ4n) is 1.38. The van der Waals surface area contributed by atoms with Gasteiger partial charge in [-0.05, 0) is 13.0 Å². The molecule has 0 radical (unpaired) electrons. The second kappa shape index (κ2) is 4.72. The Bertz CT molecular complexity index is 480. The summed E-state index contributed by atoms with van der Waals surface area (Å²) in [6.45, 7) is 1.89. The van der Waals surface area contributed by atoms with Crippen LogP contribution in [-0.4, -0.2) is 9.97 Å². The fourth-order valence-corrected chi connectivity index (χ4v) is 1.87. The Morgan fingerprint density at radius 1 is 1.19 bits per heavy atom. The quantitative estimate of drug-likeness (QED) is 0.918. The second-order valence-corrected chi connectivity index (χ2v) is 4.45. The van der Waals surface area contributed by atoms with Gasteiger partial charge in [-0.1, -0.05) is 34.1 Å². The molecule has 2 aromatic rings. The van der Waals surface area contributed by atoms with Crippen molar-refractivity contribution in [1.29, 1.82) is 0 Å². The smallest absolute Gasteiger partial charge is 0.0896 e. The van der Waals surface area contributed by atoms with E-state index in [2.05, 4.69) is 25.9 Å². The summed E-state index contributed by atoms with van der Waals surface area (Å²) in [7, 11) is 0. The summed E-state index contributed by atoms with van der Waals surface area (Å²) >= 11 is 3.49. The maximum atomic E-state index is 5.72. The van der Waals surface area contributed by atoms with Gasteiger partial charge in [0.1, 0.15) is 0 Å². The number of halogens is 1. The Labute approximate surface area is 103 Å². The van der Waals surface area contributed by atoms with Gasteiger partial charge >= 0.3 is 0 Å². The van der Waals surface area contributed by atoms with Gasteiger partial charge in [-0.3, -0.25) is 9.97 Å². The van der Waals surface area contributed by atoms with E-state index in [9.17, 15) is 0 Å². The molecule has 0 saturated heterocycles. The number of hydrogen-bond donors (Lipinski definition) is 1. The van der Waals surface area contributed by atoms with Gasteiger partial charge in [0, 0.05) is 16.1 Å². The molecule has 0 aliphatic heterocycles. The van der Waals surface area contributed by atoms with Crippen molar-refractivity contribution in [1.82, 2.24) is 9.97 Å². The van der Waals surface area contributed by atoms with E-state index in [4.69, 9.17) is 5.73 Å². The molecule has 0 unspecified atom stereocenters. The molecular formula is C12H12BrN3. The summed E-state index contributed by atoms with van der Waals surface area (Å²) < 4.78 is 1.01. The Hall–Kier alpha value is -1.26. The molecule has 16 heavy (non-hydrogen) atoms. The van der Waals surface area contributed by atoms with Crippen LogP contribution in [0, 0.1) is 0 Å². The highest BCUT2D eigenvalue weighted by molar-refractivity contribution is 9.10. The van der Waals surface area contributed by atoms with Crippen LogP contribution in [0.25, 0.3) is 11.3 Å². The number of rotatable bonds is 2. The van der Waals surface area contributed by atoms with E-state index in [1.807, 2.05) is 31.2 Å². The zero-order valence-electron chi connectivity index (χ0n) is 8.89. The van der Waals surface area contributed by atoms with Gasteiger partial charge < -0.3 is 5.73 Å². The highest BCUT2D eigenvalue weighted by Gasteiger charge is 2.06. The Morgan fingerprint density at radius 2 is 1.94 bits per heavy atom. The maximum Gasteiger partial charge on any atom is 0.0896 e. The van der Waals surface area contributed by atoms with E-state index in [0.29, 0.717) is 0 Å². The molecule has 0 bridgehead atoms. The van der Waals surface area contributed by atoms with Crippen molar-refractivity contribution in [2.75, 3.05) is 0 Å². The van der Waals surface area contributed by atoms with Crippen molar-refractivity contribution < 1.29 is 0 Å². The zero-order chi connectivity index (χ0) is 11.5. The van der Waals surface area contributed by atoms with Gasteiger partial charge in [-0.15, -0.1) is 0 Å². The highest BCUT2D eigenvalue weighted by atomic mass is 79.9. The maximum absolute atomic E-state index is 5.72. The lowest BCUT2D eigenvalue weighted by Crippen LogP contribution is -2.07. The predicted molar refractivity (Wildman–Crippen MR) is 67.8 cm³/mol. The van der Waals surface area contributed by atoms with Crippen LogP contribution >= 0.6 is 15.9 Å². The van der Waals surface area contributed by atoms with E-state index in [-0.39, 0.29) is 6.04 Å². The predicted octanol–water partition coefficient (Wildman–Crippen LogP) is 2.93. The van der Waals surface area contributed by atoms with Gasteiger partial charge in [-0.2, -0.15) is 0 Å². The Kier molecular flexibility index (Phi) is 3.31. The minimum absolute atomic E-state index is 0.0826. The summed E-state index contributed by atoms with van der Waals surface area (Å²) in [5.41, 5.74) is 8.40. The van der Waals surface area contributed by atoms with Crippen molar-refractivity contribution in [3.63, 3.8) is 0 Å². The average molecular weight is 278 g/mol. The molecule has 1 heterocycles. The minimum Gasteiger partial charge on any atom is -0.323 e. The number of nitrogens with zero attached hydrogens (tertiary/aromatic N) is 2. The van der Waals surface area contributed by atoms with E-state index < -0.39 is 0 Å². The lowest BCUT2D eigenvalue weighted by molar-refractivity contribution is 0.773. The van der Waals surface area contributed by atoms with Crippen LogP contribution in [0.4, 0.5) is 0 Å². The largest absolute Gasteiger partial charge is 0.323 e. The lowest BCUT2D eigenvalue weighted by Gasteiger charge is -2.06. The molecule has 4 heteroatoms. The zero-order valence-corrected chi connectivity index (χ0v) is 10.5. The third kappa shape index (κ3) is 2.28. The number of nitrogens with two attached hydrogens (primary N) is 1. The molecule has 0 spiro atoms. The molecule has 0 amide bonds. The van der Waals surface area contributed by atoms with Crippen molar-refractivity contribution in [2.45, 2.75) is 13.0 Å². The van der Waals surface area contributed by atoms with Crippen LogP contribution in [0.3, 0.4) is 0 Å². The summed E-state index contributed by atoms with van der Waals surface area (Å²) in [5, 5.41) is 0. The molecular weight excluding hydrogens is 266 g/mol. The van der Waals surface area contributed by atoms with E-state index in [1.54, 1.807) is 12.4 Å². The van der Waals surface area contributed by atoms with Gasteiger partial charge in [0.15, 0.2) is 0 Å². The molecule has 0 aliphatic carbocycles. The van der Waals surface area contributed by atoms with E-state index in [0.717, 1.165) is 21.4 Å². The standard InChI is InChI=1S/C12H12BrN3/c1-8(14)11-6-16-12(7-15-11)9-4-2-3-5-10(9)13/h2-8H,14H2,1H3/t8-/m0/s1. The summed E-state index contributed by atoms with van der Waals surface area (Å²) in [6.07, 6.45) is 3.47. The normalized spacial score (nSPS) is 12.4. The van der Waals surface area contributed by atoms with Crippen LogP contribution in [-0.2, 0) is 0 Å². The van der Waals surface area contributed by atoms with Gasteiger partial charge in [0.2, 0.25) is 0 Å². The molecule has 82 valence electrons. The van der Waals surface area contributed by atoms with E-state index >= 15 is 0 Å². The summed E-state index contributed by atoms with van der Waals surface area (Å²) in [5.74, 6) is 0. The van der Waals surface area contributed by atoms with Crippen molar-refractivity contribution in [2.24, 2.45) is 5.73 Å². The third-order valence-corrected chi connectivity index (χ3v) is 2.98. The molecule has 3 nitrogen and oxygen atoms in total. The molecule has 0 saturated carbocycles. The van der Waals surface area contributed by atoms with Crippen LogP contribution < -0.4 is 5.73 Å². The van der Waals surface area contributed by atoms with Crippen LogP contribution in [0.5, 0.6) is 0 Å². The van der Waals surface area contributed by atoms with Gasteiger partial charge in [0.05, 0.1) is 23.8 Å². The van der Waals surface area contributed by atoms with E-state index in [1.165, 1.54) is 0 Å². The molecule has 1 aromatic carbocycles. The van der Waals surface area contributed by atoms with Crippen molar-refractivity contribution in [3.05, 3.63) is 46.8 Å². The summed E-state index contributed by atoms with van der Waals surface area (Å²) in [6, 6.07) is 7.84. The van der Waals surface area contributed by atoms with Gasteiger partial charge in [0.25, 0.3) is 0 Å². The van der Waals surface area contributed by atoms with Gasteiger partial charge in [-0.25, -0.2) is 0 Å². The summed E-state index contributed by atoms with van der Waals surface area (Å²) in [4.78, 5) is 8.65. The molecule has 0 aliphatic rings. The molecule has 1 atom stereocenters. The van der Waals surface area contributed by atoms with Crippen LogP contribution in [0.2, 0.25) is 0 Å². The second-order valence-electron chi connectivity index (χ2n) is 3.60. The molecule has 0 fully saturated rings. The SMILES string of the molecule is C[C@H](N)c1cnc(-c2ccccc2Br)cn1. The minimum atomic E-state index is -0.0826. The first-order valence-corrected chi connectivity index (χ1v) is 5.80. The first kappa shape index (κ1) is 11.2. The van der Waals surface area contributed by atoms with Crippen molar-refractivity contribution >= 4 is 15.9 Å². The average Bonchev–Trinajstić information content (AvgIpc) is 2.30. The third-order valence-electron chi connectivity index (χ3n) is 2.29. The molecule has 2 N–H and O–H groups in total. The topological polar surface area (TPSA) is 51.8 Å². The number of aromatic nitrogens is 2. The Morgan fingerprint density at radius 3 is 2.50 bits per heavy atom. The Balaban J connectivity index is 2.39.